The Balaban J connectivity index is 2.08. The monoisotopic (exact) mass is 249 g/mol. The first kappa shape index (κ1) is 12.2. The van der Waals surface area contributed by atoms with E-state index in [2.05, 4.69) is 4.57 Å². The lowest BCUT2D eigenvalue weighted by Gasteiger charge is -2.05. The molecule has 1 unspecified atom stereocenters. The Hall–Kier alpha value is -1.25. The molecule has 0 saturated heterocycles. The molecule has 0 aliphatic rings. The number of halogens is 1. The van der Waals surface area contributed by atoms with Gasteiger partial charge in [-0.25, -0.2) is 0 Å². The van der Waals surface area contributed by atoms with Gasteiger partial charge in [-0.1, -0.05) is 30.7 Å². The molecule has 1 aromatic heterocycles. The van der Waals surface area contributed by atoms with Gasteiger partial charge in [0.1, 0.15) is 0 Å². The average molecular weight is 250 g/mol. The second-order valence-corrected chi connectivity index (χ2v) is 4.60. The molecule has 2 nitrogen and oxygen atoms in total. The van der Waals surface area contributed by atoms with Crippen molar-refractivity contribution < 1.29 is 5.11 Å². The summed E-state index contributed by atoms with van der Waals surface area (Å²) >= 11 is 5.84. The highest BCUT2D eigenvalue weighted by Gasteiger charge is 2.06. The van der Waals surface area contributed by atoms with Gasteiger partial charge in [-0.2, -0.15) is 0 Å². The molecule has 1 aromatic carbocycles. The van der Waals surface area contributed by atoms with Crippen LogP contribution in [0.5, 0.6) is 0 Å². The lowest BCUT2D eigenvalue weighted by molar-refractivity contribution is 0.173. The minimum Gasteiger partial charge on any atom is -0.388 e. The molecule has 1 N–H and O–H groups in total. The molecule has 1 atom stereocenters. The molecule has 0 aliphatic heterocycles. The second-order valence-electron chi connectivity index (χ2n) is 4.17. The van der Waals surface area contributed by atoms with Crippen LogP contribution >= 0.6 is 11.6 Å². The second kappa shape index (κ2) is 5.39. The number of aliphatic hydroxyl groups excluding tert-OH is 1. The highest BCUT2D eigenvalue weighted by Crippen LogP contribution is 2.17. The van der Waals surface area contributed by atoms with Gasteiger partial charge >= 0.3 is 0 Å². The topological polar surface area (TPSA) is 25.2 Å². The lowest BCUT2D eigenvalue weighted by Crippen LogP contribution is -1.97. The lowest BCUT2D eigenvalue weighted by atomic mass is 10.1. The van der Waals surface area contributed by atoms with Crippen LogP contribution in [0.1, 0.15) is 30.6 Å². The first-order valence-electron chi connectivity index (χ1n) is 5.77. The van der Waals surface area contributed by atoms with E-state index >= 15 is 0 Å². The molecule has 0 saturated carbocycles. The van der Waals surface area contributed by atoms with Crippen molar-refractivity contribution in [1.29, 1.82) is 0 Å². The van der Waals surface area contributed by atoms with Crippen LogP contribution < -0.4 is 0 Å². The highest BCUT2D eigenvalue weighted by atomic mass is 35.5. The maximum atomic E-state index is 9.71. The summed E-state index contributed by atoms with van der Waals surface area (Å²) < 4.78 is 2.07. The molecule has 2 aromatic rings. The molecular formula is C14H16ClNO. The molecule has 3 heteroatoms. The normalized spacial score (nSPS) is 12.6. The summed E-state index contributed by atoms with van der Waals surface area (Å²) in [5.41, 5.74) is 2.17. The Bertz CT molecular complexity index is 475. The SMILES string of the molecule is CCC(O)c1ccn(Cc2ccc(Cl)cc2)c1. The van der Waals surface area contributed by atoms with Crippen LogP contribution in [0.4, 0.5) is 0 Å². The van der Waals surface area contributed by atoms with E-state index < -0.39 is 0 Å². The van der Waals surface area contributed by atoms with Crippen molar-refractivity contribution in [3.05, 3.63) is 58.9 Å². The van der Waals surface area contributed by atoms with Crippen molar-refractivity contribution in [2.45, 2.75) is 26.0 Å². The van der Waals surface area contributed by atoms with E-state index in [4.69, 9.17) is 11.6 Å². The number of benzene rings is 1. The number of aromatic nitrogens is 1. The minimum atomic E-state index is -0.360. The van der Waals surface area contributed by atoms with Crippen LogP contribution in [0, 0.1) is 0 Å². The van der Waals surface area contributed by atoms with E-state index in [9.17, 15) is 5.11 Å². The zero-order valence-electron chi connectivity index (χ0n) is 9.81. The van der Waals surface area contributed by atoms with E-state index in [-0.39, 0.29) is 6.10 Å². The molecule has 2 rings (SSSR count). The zero-order valence-corrected chi connectivity index (χ0v) is 10.6. The maximum absolute atomic E-state index is 9.71. The van der Waals surface area contributed by atoms with Crippen molar-refractivity contribution >= 4 is 11.6 Å². The van der Waals surface area contributed by atoms with Gasteiger partial charge in [0.2, 0.25) is 0 Å². The Kier molecular flexibility index (Phi) is 3.87. The van der Waals surface area contributed by atoms with E-state index in [0.717, 1.165) is 23.6 Å². The fourth-order valence-electron chi connectivity index (χ4n) is 1.79. The number of hydrogen-bond acceptors (Lipinski definition) is 1. The van der Waals surface area contributed by atoms with Gasteiger partial charge in [0.25, 0.3) is 0 Å². The average Bonchev–Trinajstić information content (AvgIpc) is 2.80. The van der Waals surface area contributed by atoms with Crippen LogP contribution in [0.15, 0.2) is 42.7 Å². The predicted molar refractivity (Wildman–Crippen MR) is 70.2 cm³/mol. The van der Waals surface area contributed by atoms with E-state index in [1.54, 1.807) is 0 Å². The molecule has 0 fully saturated rings. The quantitative estimate of drug-likeness (QED) is 0.880. The number of aliphatic hydroxyl groups is 1. The summed E-state index contributed by atoms with van der Waals surface area (Å²) in [5, 5.41) is 10.5. The smallest absolute Gasteiger partial charge is 0.0802 e. The standard InChI is InChI=1S/C14H16ClNO/c1-2-14(17)12-7-8-16(10-12)9-11-3-5-13(15)6-4-11/h3-8,10,14,17H,2,9H2,1H3. The fourth-order valence-corrected chi connectivity index (χ4v) is 1.92. The molecule has 90 valence electrons. The van der Waals surface area contributed by atoms with Crippen LogP contribution in [-0.2, 0) is 6.54 Å². The third-order valence-electron chi connectivity index (χ3n) is 2.82. The number of nitrogens with zero attached hydrogens (tertiary/aromatic N) is 1. The summed E-state index contributed by atoms with van der Waals surface area (Å²) in [6.07, 6.45) is 4.36. The largest absolute Gasteiger partial charge is 0.388 e. The first-order chi connectivity index (χ1) is 8.19. The van der Waals surface area contributed by atoms with Gasteiger partial charge < -0.3 is 9.67 Å². The van der Waals surface area contributed by atoms with Gasteiger partial charge in [0, 0.05) is 24.0 Å². The molecule has 0 bridgehead atoms. The van der Waals surface area contributed by atoms with Crippen LogP contribution in [-0.4, -0.2) is 9.67 Å². The minimum absolute atomic E-state index is 0.360. The third-order valence-corrected chi connectivity index (χ3v) is 3.08. The van der Waals surface area contributed by atoms with E-state index in [0.29, 0.717) is 0 Å². The summed E-state index contributed by atoms with van der Waals surface area (Å²) in [4.78, 5) is 0. The van der Waals surface area contributed by atoms with E-state index in [1.165, 1.54) is 5.56 Å². The summed E-state index contributed by atoms with van der Waals surface area (Å²) in [6, 6.07) is 9.77. The number of hydrogen-bond donors (Lipinski definition) is 1. The molecular weight excluding hydrogens is 234 g/mol. The van der Waals surface area contributed by atoms with Crippen molar-refractivity contribution in [2.24, 2.45) is 0 Å². The van der Waals surface area contributed by atoms with Gasteiger partial charge in [0.05, 0.1) is 6.10 Å². The Labute approximate surface area is 106 Å². The maximum Gasteiger partial charge on any atom is 0.0802 e. The molecule has 0 aliphatic carbocycles. The number of rotatable bonds is 4. The van der Waals surface area contributed by atoms with Gasteiger partial charge in [-0.15, -0.1) is 0 Å². The van der Waals surface area contributed by atoms with E-state index in [1.807, 2.05) is 49.6 Å². The highest BCUT2D eigenvalue weighted by molar-refractivity contribution is 6.30. The first-order valence-corrected chi connectivity index (χ1v) is 6.15. The fraction of sp³-hybridized carbons (Fsp3) is 0.286. The summed E-state index contributed by atoms with van der Waals surface area (Å²) in [6.45, 7) is 2.77. The summed E-state index contributed by atoms with van der Waals surface area (Å²) in [7, 11) is 0. The molecule has 0 spiro atoms. The van der Waals surface area contributed by atoms with Crippen LogP contribution in [0.3, 0.4) is 0 Å². The van der Waals surface area contributed by atoms with Crippen molar-refractivity contribution in [3.63, 3.8) is 0 Å². The Morgan fingerprint density at radius 1 is 1.24 bits per heavy atom. The predicted octanol–water partition coefficient (Wildman–Crippen LogP) is 3.63. The van der Waals surface area contributed by atoms with Gasteiger partial charge in [-0.05, 0) is 35.7 Å². The zero-order chi connectivity index (χ0) is 12.3. The van der Waals surface area contributed by atoms with Crippen molar-refractivity contribution in [2.75, 3.05) is 0 Å². The van der Waals surface area contributed by atoms with Gasteiger partial charge in [0.15, 0.2) is 0 Å². The van der Waals surface area contributed by atoms with Crippen molar-refractivity contribution in [1.82, 2.24) is 4.57 Å². The molecule has 17 heavy (non-hydrogen) atoms. The Morgan fingerprint density at radius 3 is 2.59 bits per heavy atom. The molecule has 0 amide bonds. The van der Waals surface area contributed by atoms with Gasteiger partial charge in [-0.3, -0.25) is 0 Å². The van der Waals surface area contributed by atoms with Crippen molar-refractivity contribution in [3.8, 4) is 0 Å². The Morgan fingerprint density at radius 2 is 1.94 bits per heavy atom. The molecule has 1 heterocycles. The third kappa shape index (κ3) is 3.11. The van der Waals surface area contributed by atoms with Crippen LogP contribution in [0.2, 0.25) is 5.02 Å². The molecule has 0 radical (unpaired) electrons. The van der Waals surface area contributed by atoms with Crippen LogP contribution in [0.25, 0.3) is 0 Å². The summed E-state index contributed by atoms with van der Waals surface area (Å²) in [5.74, 6) is 0.